The highest BCUT2D eigenvalue weighted by atomic mass is 16.2. The van der Waals surface area contributed by atoms with Crippen molar-refractivity contribution >= 4 is 17.3 Å². The van der Waals surface area contributed by atoms with E-state index in [1.54, 1.807) is 24.3 Å². The van der Waals surface area contributed by atoms with Gasteiger partial charge in [-0.3, -0.25) is 4.79 Å². The third-order valence-electron chi connectivity index (χ3n) is 2.34. The van der Waals surface area contributed by atoms with Gasteiger partial charge in [0.15, 0.2) is 0 Å². The van der Waals surface area contributed by atoms with Crippen molar-refractivity contribution in [2.45, 2.75) is 0 Å². The molecule has 19 heavy (non-hydrogen) atoms. The number of nitrogens with one attached hydrogen (secondary N) is 1. The van der Waals surface area contributed by atoms with Crippen LogP contribution in [-0.2, 0) is 4.79 Å². The van der Waals surface area contributed by atoms with Gasteiger partial charge in [-0.2, -0.15) is 5.11 Å². The Labute approximate surface area is 111 Å². The first-order valence-electron chi connectivity index (χ1n) is 5.78. The van der Waals surface area contributed by atoms with Crippen molar-refractivity contribution < 1.29 is 4.79 Å². The predicted molar refractivity (Wildman–Crippen MR) is 75.2 cm³/mol. The average Bonchev–Trinajstić information content (AvgIpc) is 2.47. The fourth-order valence-electron chi connectivity index (χ4n) is 1.38. The van der Waals surface area contributed by atoms with Gasteiger partial charge in [0, 0.05) is 5.69 Å². The van der Waals surface area contributed by atoms with Crippen molar-refractivity contribution in [3.63, 3.8) is 0 Å². The summed E-state index contributed by atoms with van der Waals surface area (Å²) >= 11 is 0. The number of rotatable bonds is 4. The highest BCUT2D eigenvalue weighted by Gasteiger charge is 2.05. The Kier molecular flexibility index (Phi) is 4.18. The van der Waals surface area contributed by atoms with E-state index in [0.29, 0.717) is 11.4 Å². The van der Waals surface area contributed by atoms with Gasteiger partial charge >= 0.3 is 0 Å². The molecule has 4 nitrogen and oxygen atoms in total. The fraction of sp³-hybridized carbons (Fsp3) is 0. The van der Waals surface area contributed by atoms with Gasteiger partial charge in [0.25, 0.3) is 5.91 Å². The maximum Gasteiger partial charge on any atom is 0.275 e. The standard InChI is InChI=1S/C15H13N3O/c1-12(17-18-14-10-6-3-7-11-14)15(19)16-13-8-4-2-5-9-13/h2-11H,1H2,(H,16,19). The topological polar surface area (TPSA) is 53.8 Å². The largest absolute Gasteiger partial charge is 0.321 e. The first-order chi connectivity index (χ1) is 9.25. The van der Waals surface area contributed by atoms with Crippen LogP contribution >= 0.6 is 0 Å². The van der Waals surface area contributed by atoms with Gasteiger partial charge in [0.1, 0.15) is 5.70 Å². The van der Waals surface area contributed by atoms with E-state index < -0.39 is 0 Å². The molecule has 0 saturated carbocycles. The Balaban J connectivity index is 1.97. The van der Waals surface area contributed by atoms with Gasteiger partial charge in [0.05, 0.1) is 5.69 Å². The van der Waals surface area contributed by atoms with E-state index in [1.165, 1.54) is 0 Å². The molecule has 0 aliphatic carbocycles. The third-order valence-corrected chi connectivity index (χ3v) is 2.34. The van der Waals surface area contributed by atoms with E-state index in [4.69, 9.17) is 0 Å². The first-order valence-corrected chi connectivity index (χ1v) is 5.78. The lowest BCUT2D eigenvalue weighted by Crippen LogP contribution is -2.12. The summed E-state index contributed by atoms with van der Waals surface area (Å²) < 4.78 is 0. The van der Waals surface area contributed by atoms with Crippen molar-refractivity contribution in [1.82, 2.24) is 0 Å². The van der Waals surface area contributed by atoms with Crippen LogP contribution in [0.25, 0.3) is 0 Å². The average molecular weight is 251 g/mol. The molecule has 1 amide bonds. The van der Waals surface area contributed by atoms with Crippen LogP contribution < -0.4 is 5.32 Å². The summed E-state index contributed by atoms with van der Waals surface area (Å²) in [7, 11) is 0. The molecule has 1 N–H and O–H groups in total. The maximum absolute atomic E-state index is 11.8. The summed E-state index contributed by atoms with van der Waals surface area (Å²) in [5.41, 5.74) is 1.44. The Morgan fingerprint density at radius 1 is 0.947 bits per heavy atom. The summed E-state index contributed by atoms with van der Waals surface area (Å²) in [6.07, 6.45) is 0. The van der Waals surface area contributed by atoms with Crippen LogP contribution in [0.5, 0.6) is 0 Å². The van der Waals surface area contributed by atoms with Crippen LogP contribution in [0.1, 0.15) is 0 Å². The normalized spacial score (nSPS) is 10.3. The minimum absolute atomic E-state index is 0.0627. The molecule has 0 atom stereocenters. The Morgan fingerprint density at radius 2 is 1.53 bits per heavy atom. The van der Waals surface area contributed by atoms with Crippen molar-refractivity contribution in [3.8, 4) is 0 Å². The second-order valence-electron chi connectivity index (χ2n) is 3.80. The maximum atomic E-state index is 11.8. The molecule has 0 aromatic heterocycles. The summed E-state index contributed by atoms with van der Waals surface area (Å²) in [6.45, 7) is 3.59. The molecule has 0 aliphatic rings. The van der Waals surface area contributed by atoms with Gasteiger partial charge in [-0.25, -0.2) is 0 Å². The molecule has 0 bridgehead atoms. The second kappa shape index (κ2) is 6.26. The molecule has 4 heteroatoms. The molecular formula is C15H13N3O. The SMILES string of the molecule is C=C(N=Nc1ccccc1)C(=O)Nc1ccccc1. The lowest BCUT2D eigenvalue weighted by Gasteiger charge is -2.03. The van der Waals surface area contributed by atoms with Crippen LogP contribution in [0.15, 0.2) is 83.2 Å². The lowest BCUT2D eigenvalue weighted by molar-refractivity contribution is -0.112. The van der Waals surface area contributed by atoms with Crippen molar-refractivity contribution in [2.24, 2.45) is 10.2 Å². The molecule has 2 rings (SSSR count). The van der Waals surface area contributed by atoms with Gasteiger partial charge in [-0.15, -0.1) is 5.11 Å². The molecule has 94 valence electrons. The van der Waals surface area contributed by atoms with Gasteiger partial charge < -0.3 is 5.32 Å². The van der Waals surface area contributed by atoms with E-state index in [2.05, 4.69) is 22.1 Å². The predicted octanol–water partition coefficient (Wildman–Crippen LogP) is 3.92. The molecule has 0 saturated heterocycles. The zero-order chi connectivity index (χ0) is 13.5. The van der Waals surface area contributed by atoms with Crippen LogP contribution in [0.2, 0.25) is 0 Å². The van der Waals surface area contributed by atoms with Gasteiger partial charge in [-0.05, 0) is 24.3 Å². The number of carbonyl (C=O) groups excluding carboxylic acids is 1. The summed E-state index contributed by atoms with van der Waals surface area (Å²) in [6, 6.07) is 18.3. The minimum Gasteiger partial charge on any atom is -0.321 e. The van der Waals surface area contributed by atoms with E-state index in [1.807, 2.05) is 36.4 Å². The smallest absolute Gasteiger partial charge is 0.275 e. The molecule has 0 unspecified atom stereocenters. The summed E-state index contributed by atoms with van der Waals surface area (Å²) in [5.74, 6) is -0.370. The van der Waals surface area contributed by atoms with Crippen molar-refractivity contribution in [1.29, 1.82) is 0 Å². The molecule has 2 aromatic rings. The second-order valence-corrected chi connectivity index (χ2v) is 3.80. The van der Waals surface area contributed by atoms with Crippen molar-refractivity contribution in [3.05, 3.63) is 72.9 Å². The number of hydrogen-bond donors (Lipinski definition) is 1. The minimum atomic E-state index is -0.370. The van der Waals surface area contributed by atoms with Gasteiger partial charge in [0.2, 0.25) is 0 Å². The number of hydrogen-bond acceptors (Lipinski definition) is 3. The number of amides is 1. The van der Waals surface area contributed by atoms with E-state index in [-0.39, 0.29) is 11.6 Å². The number of anilines is 1. The van der Waals surface area contributed by atoms with E-state index in [0.717, 1.165) is 0 Å². The number of benzene rings is 2. The highest BCUT2D eigenvalue weighted by Crippen LogP contribution is 2.13. The van der Waals surface area contributed by atoms with E-state index in [9.17, 15) is 4.79 Å². The zero-order valence-electron chi connectivity index (χ0n) is 10.3. The quantitative estimate of drug-likeness (QED) is 0.649. The van der Waals surface area contributed by atoms with E-state index >= 15 is 0 Å². The first kappa shape index (κ1) is 12.7. The number of para-hydroxylation sites is 1. The monoisotopic (exact) mass is 251 g/mol. The molecule has 2 aromatic carbocycles. The van der Waals surface area contributed by atoms with Crippen LogP contribution in [0.3, 0.4) is 0 Å². The number of carbonyl (C=O) groups is 1. The Bertz CT molecular complexity index is 591. The van der Waals surface area contributed by atoms with Crippen LogP contribution in [-0.4, -0.2) is 5.91 Å². The van der Waals surface area contributed by atoms with Crippen LogP contribution in [0, 0.1) is 0 Å². The molecule has 0 aliphatic heterocycles. The molecule has 0 heterocycles. The Morgan fingerprint density at radius 3 is 2.16 bits per heavy atom. The molecule has 0 spiro atoms. The molecular weight excluding hydrogens is 238 g/mol. The highest BCUT2D eigenvalue weighted by molar-refractivity contribution is 6.02. The van der Waals surface area contributed by atoms with Crippen LogP contribution in [0.4, 0.5) is 11.4 Å². The molecule has 0 fully saturated rings. The number of azo groups is 1. The molecule has 0 radical (unpaired) electrons. The third kappa shape index (κ3) is 3.89. The lowest BCUT2D eigenvalue weighted by atomic mass is 10.3. The summed E-state index contributed by atoms with van der Waals surface area (Å²) in [4.78, 5) is 11.8. The number of nitrogens with zero attached hydrogens (tertiary/aromatic N) is 2. The van der Waals surface area contributed by atoms with Crippen molar-refractivity contribution in [2.75, 3.05) is 5.32 Å². The summed E-state index contributed by atoms with van der Waals surface area (Å²) in [5, 5.41) is 10.4. The van der Waals surface area contributed by atoms with Gasteiger partial charge in [-0.1, -0.05) is 43.0 Å². The Hall–Kier alpha value is -2.75. The zero-order valence-corrected chi connectivity index (χ0v) is 10.3. The fourth-order valence-corrected chi connectivity index (χ4v) is 1.38.